The molecule has 0 saturated heterocycles. The zero-order valence-electron chi connectivity index (χ0n) is 13.3. The second-order valence-corrected chi connectivity index (χ2v) is 5.22. The molecule has 118 valence electrons. The Kier molecular flexibility index (Phi) is 12.3. The molecule has 0 saturated carbocycles. The van der Waals surface area contributed by atoms with Crippen LogP contribution in [0.5, 0.6) is 0 Å². The van der Waals surface area contributed by atoms with E-state index in [0.29, 0.717) is 6.61 Å². The van der Waals surface area contributed by atoms with Gasteiger partial charge in [-0.05, 0) is 19.8 Å². The molecular weight excluding hydrogens is 256 g/mol. The lowest BCUT2D eigenvalue weighted by Crippen LogP contribution is -2.16. The highest BCUT2D eigenvalue weighted by Gasteiger charge is 2.11. The van der Waals surface area contributed by atoms with Crippen molar-refractivity contribution in [2.24, 2.45) is 0 Å². The highest BCUT2D eigenvalue weighted by Crippen LogP contribution is 2.06. The van der Waals surface area contributed by atoms with Gasteiger partial charge in [-0.2, -0.15) is 0 Å². The smallest absolute Gasteiger partial charge is 0.306 e. The number of unbranched alkanes of at least 4 members (excludes halogenated alkanes) is 4. The molecule has 0 aliphatic heterocycles. The molecule has 0 heterocycles. The number of esters is 2. The van der Waals surface area contributed by atoms with Gasteiger partial charge in [-0.25, -0.2) is 0 Å². The summed E-state index contributed by atoms with van der Waals surface area (Å²) < 4.78 is 10.2. The van der Waals surface area contributed by atoms with E-state index in [0.717, 1.165) is 25.7 Å². The predicted octanol–water partition coefficient (Wildman–Crippen LogP) is 4.01. The lowest BCUT2D eigenvalue weighted by atomic mass is 10.2. The topological polar surface area (TPSA) is 52.6 Å². The van der Waals surface area contributed by atoms with Crippen molar-refractivity contribution in [3.05, 3.63) is 0 Å². The van der Waals surface area contributed by atoms with Crippen molar-refractivity contribution in [2.75, 3.05) is 6.61 Å². The second kappa shape index (κ2) is 12.9. The zero-order chi connectivity index (χ0) is 15.2. The molecule has 0 amide bonds. The van der Waals surface area contributed by atoms with Gasteiger partial charge in [0.05, 0.1) is 25.6 Å². The quantitative estimate of drug-likeness (QED) is 0.402. The first-order valence-corrected chi connectivity index (χ1v) is 7.95. The molecule has 0 bridgehead atoms. The summed E-state index contributed by atoms with van der Waals surface area (Å²) in [5.41, 5.74) is 0. The highest BCUT2D eigenvalue weighted by atomic mass is 16.5. The fourth-order valence-corrected chi connectivity index (χ4v) is 1.92. The van der Waals surface area contributed by atoms with E-state index in [1.54, 1.807) is 0 Å². The Morgan fingerprint density at radius 2 is 1.55 bits per heavy atom. The van der Waals surface area contributed by atoms with E-state index in [2.05, 4.69) is 6.92 Å². The van der Waals surface area contributed by atoms with Crippen LogP contribution in [0.4, 0.5) is 0 Å². The van der Waals surface area contributed by atoms with E-state index < -0.39 is 0 Å². The van der Waals surface area contributed by atoms with Crippen LogP contribution in [0.3, 0.4) is 0 Å². The predicted molar refractivity (Wildman–Crippen MR) is 79.4 cm³/mol. The van der Waals surface area contributed by atoms with Crippen molar-refractivity contribution in [3.63, 3.8) is 0 Å². The minimum absolute atomic E-state index is 0.0675. The fraction of sp³-hybridized carbons (Fsp3) is 0.875. The standard InChI is InChI=1S/C16H30O4/c1-4-6-7-8-9-13-19-15(17)11-12-16(18)20-14(3)10-5-2/h14H,4-13H2,1-3H3. The van der Waals surface area contributed by atoms with Crippen LogP contribution >= 0.6 is 0 Å². The van der Waals surface area contributed by atoms with E-state index in [9.17, 15) is 9.59 Å². The van der Waals surface area contributed by atoms with Gasteiger partial charge in [0.15, 0.2) is 0 Å². The summed E-state index contributed by atoms with van der Waals surface area (Å²) in [5, 5.41) is 0. The molecule has 20 heavy (non-hydrogen) atoms. The molecule has 0 fully saturated rings. The van der Waals surface area contributed by atoms with Crippen molar-refractivity contribution in [3.8, 4) is 0 Å². The Bertz CT molecular complexity index is 263. The van der Waals surface area contributed by atoms with Crippen LogP contribution in [-0.2, 0) is 19.1 Å². The number of carbonyl (C=O) groups is 2. The van der Waals surface area contributed by atoms with Crippen LogP contribution in [0, 0.1) is 0 Å². The molecule has 1 atom stereocenters. The van der Waals surface area contributed by atoms with Gasteiger partial charge in [0.2, 0.25) is 0 Å². The number of hydrogen-bond acceptors (Lipinski definition) is 4. The summed E-state index contributed by atoms with van der Waals surface area (Å²) in [6, 6.07) is 0. The first-order chi connectivity index (χ1) is 9.60. The molecule has 0 aromatic heterocycles. The van der Waals surface area contributed by atoms with E-state index >= 15 is 0 Å². The summed E-state index contributed by atoms with van der Waals surface area (Å²) >= 11 is 0. The average Bonchev–Trinajstić information content (AvgIpc) is 2.40. The Hall–Kier alpha value is -1.06. The molecule has 1 unspecified atom stereocenters. The lowest BCUT2D eigenvalue weighted by molar-refractivity contribution is -0.153. The lowest BCUT2D eigenvalue weighted by Gasteiger charge is -2.11. The third kappa shape index (κ3) is 12.0. The SMILES string of the molecule is CCCCCCCOC(=O)CCC(=O)OC(C)CCC. The van der Waals surface area contributed by atoms with Crippen LogP contribution in [0.25, 0.3) is 0 Å². The molecular formula is C16H30O4. The van der Waals surface area contributed by atoms with Crippen LogP contribution in [0.2, 0.25) is 0 Å². The first-order valence-electron chi connectivity index (χ1n) is 7.95. The van der Waals surface area contributed by atoms with Gasteiger partial charge in [0, 0.05) is 0 Å². The third-order valence-corrected chi connectivity index (χ3v) is 3.07. The number of hydrogen-bond donors (Lipinski definition) is 0. The molecule has 0 N–H and O–H groups in total. The van der Waals surface area contributed by atoms with Crippen molar-refractivity contribution in [1.29, 1.82) is 0 Å². The molecule has 4 nitrogen and oxygen atoms in total. The van der Waals surface area contributed by atoms with Gasteiger partial charge in [-0.15, -0.1) is 0 Å². The first kappa shape index (κ1) is 18.9. The molecule has 0 aromatic carbocycles. The maximum atomic E-state index is 11.5. The van der Waals surface area contributed by atoms with Crippen LogP contribution < -0.4 is 0 Å². The van der Waals surface area contributed by atoms with Gasteiger partial charge in [0.25, 0.3) is 0 Å². The monoisotopic (exact) mass is 286 g/mol. The molecule has 0 aliphatic carbocycles. The molecule has 0 rings (SSSR count). The van der Waals surface area contributed by atoms with E-state index in [1.165, 1.54) is 19.3 Å². The largest absolute Gasteiger partial charge is 0.466 e. The molecule has 4 heteroatoms. The van der Waals surface area contributed by atoms with Crippen molar-refractivity contribution >= 4 is 11.9 Å². The Morgan fingerprint density at radius 3 is 2.20 bits per heavy atom. The minimum Gasteiger partial charge on any atom is -0.466 e. The summed E-state index contributed by atoms with van der Waals surface area (Å²) in [4.78, 5) is 22.9. The number of ether oxygens (including phenoxy) is 2. The van der Waals surface area contributed by atoms with E-state index in [1.807, 2.05) is 13.8 Å². The van der Waals surface area contributed by atoms with E-state index in [4.69, 9.17) is 9.47 Å². The van der Waals surface area contributed by atoms with Gasteiger partial charge < -0.3 is 9.47 Å². The van der Waals surface area contributed by atoms with Crippen molar-refractivity contribution < 1.29 is 19.1 Å². The fourth-order valence-electron chi connectivity index (χ4n) is 1.92. The average molecular weight is 286 g/mol. The van der Waals surface area contributed by atoms with Gasteiger partial charge in [-0.1, -0.05) is 46.0 Å². The summed E-state index contributed by atoms with van der Waals surface area (Å²) in [6.07, 6.45) is 7.63. The van der Waals surface area contributed by atoms with Gasteiger partial charge >= 0.3 is 11.9 Å². The normalized spacial score (nSPS) is 11.9. The summed E-state index contributed by atoms with van der Waals surface area (Å²) in [7, 11) is 0. The Labute approximate surface area is 123 Å². The van der Waals surface area contributed by atoms with Crippen LogP contribution in [-0.4, -0.2) is 24.6 Å². The second-order valence-electron chi connectivity index (χ2n) is 5.22. The van der Waals surface area contributed by atoms with E-state index in [-0.39, 0.29) is 30.9 Å². The molecule has 0 spiro atoms. The third-order valence-electron chi connectivity index (χ3n) is 3.07. The van der Waals surface area contributed by atoms with Gasteiger partial charge in [0.1, 0.15) is 0 Å². The maximum Gasteiger partial charge on any atom is 0.306 e. The van der Waals surface area contributed by atoms with Crippen LogP contribution in [0.15, 0.2) is 0 Å². The van der Waals surface area contributed by atoms with Gasteiger partial charge in [-0.3, -0.25) is 9.59 Å². The zero-order valence-corrected chi connectivity index (χ0v) is 13.3. The summed E-state index contributed by atoms with van der Waals surface area (Å²) in [6.45, 7) is 6.54. The molecule has 0 aromatic rings. The highest BCUT2D eigenvalue weighted by molar-refractivity contribution is 5.77. The molecule has 0 radical (unpaired) electrons. The Balaban J connectivity index is 3.50. The number of carbonyl (C=O) groups excluding carboxylic acids is 2. The van der Waals surface area contributed by atoms with Crippen molar-refractivity contribution in [1.82, 2.24) is 0 Å². The van der Waals surface area contributed by atoms with Crippen LogP contribution in [0.1, 0.15) is 78.6 Å². The summed E-state index contributed by atoms with van der Waals surface area (Å²) in [5.74, 6) is -0.619. The van der Waals surface area contributed by atoms with Crippen molar-refractivity contribution in [2.45, 2.75) is 84.7 Å². The number of rotatable bonds is 12. The maximum absolute atomic E-state index is 11.5. The minimum atomic E-state index is -0.314. The Morgan fingerprint density at radius 1 is 0.900 bits per heavy atom. The molecule has 0 aliphatic rings.